The molecule has 2 aromatic rings. The van der Waals surface area contributed by atoms with Gasteiger partial charge in [0.15, 0.2) is 0 Å². The Balaban J connectivity index is 1.59. The lowest BCUT2D eigenvalue weighted by Crippen LogP contribution is -2.54. The lowest BCUT2D eigenvalue weighted by Gasteiger charge is -2.42. The predicted molar refractivity (Wildman–Crippen MR) is 107 cm³/mol. The standard InChI is InChI=1S/C22H24FN3O4/c23-17-7-5-16(6-8-17)20-19-4-2-1-3-15(19)9-10-26(20)22(28)25-11-12-29-18(13-25)14-30-21(24)27/h1-8,18,20H,9-14H2,(H2,24,27)/t18?,20-/m0/s1. The van der Waals surface area contributed by atoms with Crippen molar-refractivity contribution in [2.24, 2.45) is 5.73 Å². The Morgan fingerprint density at radius 2 is 1.90 bits per heavy atom. The topological polar surface area (TPSA) is 85.1 Å². The van der Waals surface area contributed by atoms with Crippen molar-refractivity contribution >= 4 is 12.1 Å². The number of carbonyl (C=O) groups excluding carboxylic acids is 2. The molecule has 0 spiro atoms. The molecule has 0 saturated carbocycles. The Hall–Kier alpha value is -3.13. The van der Waals surface area contributed by atoms with Crippen molar-refractivity contribution in [1.29, 1.82) is 0 Å². The zero-order valence-corrected chi connectivity index (χ0v) is 16.5. The van der Waals surface area contributed by atoms with Crippen molar-refractivity contribution in [2.45, 2.75) is 18.6 Å². The second-order valence-electron chi connectivity index (χ2n) is 7.45. The van der Waals surface area contributed by atoms with E-state index in [1.807, 2.05) is 23.1 Å². The van der Waals surface area contributed by atoms with Gasteiger partial charge in [-0.25, -0.2) is 14.0 Å². The minimum atomic E-state index is -0.869. The van der Waals surface area contributed by atoms with Gasteiger partial charge in [-0.05, 0) is 35.2 Å². The van der Waals surface area contributed by atoms with E-state index in [1.165, 1.54) is 17.7 Å². The maximum atomic E-state index is 13.5. The molecule has 0 bridgehead atoms. The summed E-state index contributed by atoms with van der Waals surface area (Å²) in [4.78, 5) is 27.9. The monoisotopic (exact) mass is 413 g/mol. The molecule has 8 heteroatoms. The Morgan fingerprint density at radius 3 is 2.67 bits per heavy atom. The van der Waals surface area contributed by atoms with Crippen LogP contribution in [-0.2, 0) is 15.9 Å². The number of carbonyl (C=O) groups is 2. The summed E-state index contributed by atoms with van der Waals surface area (Å²) in [5.41, 5.74) is 8.12. The van der Waals surface area contributed by atoms with Crippen LogP contribution in [-0.4, -0.2) is 60.9 Å². The fraction of sp³-hybridized carbons (Fsp3) is 0.364. The molecule has 7 nitrogen and oxygen atoms in total. The number of rotatable bonds is 3. The van der Waals surface area contributed by atoms with Crippen LogP contribution in [0.25, 0.3) is 0 Å². The van der Waals surface area contributed by atoms with E-state index in [1.54, 1.807) is 17.0 Å². The fourth-order valence-corrected chi connectivity index (χ4v) is 4.13. The van der Waals surface area contributed by atoms with Gasteiger partial charge in [-0.2, -0.15) is 0 Å². The SMILES string of the molecule is NC(=O)OCC1CN(C(=O)N2CCc3ccccc3[C@@H]2c2ccc(F)cc2)CCO1. The maximum absolute atomic E-state index is 13.5. The Kier molecular flexibility index (Phi) is 5.85. The van der Waals surface area contributed by atoms with Crippen molar-refractivity contribution in [1.82, 2.24) is 9.80 Å². The molecule has 158 valence electrons. The number of hydrogen-bond donors (Lipinski definition) is 1. The molecule has 2 aromatic carbocycles. The lowest BCUT2D eigenvalue weighted by atomic mass is 9.88. The van der Waals surface area contributed by atoms with E-state index >= 15 is 0 Å². The first-order valence-corrected chi connectivity index (χ1v) is 9.95. The average molecular weight is 413 g/mol. The summed E-state index contributed by atoms with van der Waals surface area (Å²) in [7, 11) is 0. The van der Waals surface area contributed by atoms with Crippen LogP contribution in [0.5, 0.6) is 0 Å². The highest BCUT2D eigenvalue weighted by atomic mass is 19.1. The summed E-state index contributed by atoms with van der Waals surface area (Å²) in [6.07, 6.45) is -0.541. The van der Waals surface area contributed by atoms with Crippen LogP contribution in [0.1, 0.15) is 22.7 Å². The van der Waals surface area contributed by atoms with Crippen molar-refractivity contribution in [2.75, 3.05) is 32.8 Å². The zero-order valence-electron chi connectivity index (χ0n) is 16.5. The largest absolute Gasteiger partial charge is 0.447 e. The normalized spacial score (nSPS) is 21.1. The van der Waals surface area contributed by atoms with Crippen molar-refractivity contribution in [3.05, 3.63) is 71.0 Å². The van der Waals surface area contributed by atoms with Gasteiger partial charge in [0.2, 0.25) is 0 Å². The molecule has 2 aliphatic heterocycles. The molecule has 1 fully saturated rings. The van der Waals surface area contributed by atoms with E-state index in [-0.39, 0.29) is 24.5 Å². The van der Waals surface area contributed by atoms with Crippen LogP contribution in [0, 0.1) is 5.82 Å². The van der Waals surface area contributed by atoms with Gasteiger partial charge in [0, 0.05) is 13.1 Å². The first kappa shape index (κ1) is 20.2. The minimum absolute atomic E-state index is 0.00331. The van der Waals surface area contributed by atoms with Gasteiger partial charge in [0.1, 0.15) is 18.5 Å². The summed E-state index contributed by atoms with van der Waals surface area (Å²) in [6, 6.07) is 13.9. The number of ether oxygens (including phenoxy) is 2. The number of morpholine rings is 1. The number of halogens is 1. The van der Waals surface area contributed by atoms with E-state index in [0.29, 0.717) is 26.2 Å². The predicted octanol–water partition coefficient (Wildman–Crippen LogP) is 2.69. The van der Waals surface area contributed by atoms with E-state index in [9.17, 15) is 14.0 Å². The quantitative estimate of drug-likeness (QED) is 0.839. The van der Waals surface area contributed by atoms with Crippen LogP contribution in [0.3, 0.4) is 0 Å². The average Bonchev–Trinajstić information content (AvgIpc) is 2.77. The number of hydrogen-bond acceptors (Lipinski definition) is 4. The first-order valence-electron chi connectivity index (χ1n) is 9.95. The number of amides is 3. The van der Waals surface area contributed by atoms with Gasteiger partial charge in [-0.15, -0.1) is 0 Å². The van der Waals surface area contributed by atoms with Crippen LogP contribution in [0.2, 0.25) is 0 Å². The number of primary amides is 1. The van der Waals surface area contributed by atoms with Crippen LogP contribution in [0.15, 0.2) is 48.5 Å². The molecule has 4 rings (SSSR count). The van der Waals surface area contributed by atoms with Crippen LogP contribution in [0.4, 0.5) is 14.0 Å². The van der Waals surface area contributed by atoms with Crippen LogP contribution < -0.4 is 5.73 Å². The third kappa shape index (κ3) is 4.23. The molecule has 0 aliphatic carbocycles. The van der Waals surface area contributed by atoms with Gasteiger partial charge in [0.05, 0.1) is 19.2 Å². The lowest BCUT2D eigenvalue weighted by molar-refractivity contribution is -0.0469. The number of nitrogens with two attached hydrogens (primary N) is 1. The van der Waals surface area contributed by atoms with Crippen molar-refractivity contribution < 1.29 is 23.5 Å². The van der Waals surface area contributed by atoms with Gasteiger partial charge in [-0.3, -0.25) is 0 Å². The highest BCUT2D eigenvalue weighted by Crippen LogP contribution is 2.36. The van der Waals surface area contributed by atoms with Gasteiger partial charge in [-0.1, -0.05) is 36.4 Å². The summed E-state index contributed by atoms with van der Waals surface area (Å²) >= 11 is 0. The van der Waals surface area contributed by atoms with E-state index < -0.39 is 12.2 Å². The smallest absolute Gasteiger partial charge is 0.404 e. The van der Waals surface area contributed by atoms with E-state index in [4.69, 9.17) is 15.2 Å². The molecule has 0 radical (unpaired) electrons. The summed E-state index contributed by atoms with van der Waals surface area (Å²) in [6.45, 7) is 1.66. The molecule has 3 amide bonds. The van der Waals surface area contributed by atoms with Gasteiger partial charge in [0.25, 0.3) is 0 Å². The highest BCUT2D eigenvalue weighted by molar-refractivity contribution is 5.76. The van der Waals surface area contributed by atoms with E-state index in [0.717, 1.165) is 17.5 Å². The Labute approximate surface area is 174 Å². The summed E-state index contributed by atoms with van der Waals surface area (Å²) < 4.78 is 23.9. The van der Waals surface area contributed by atoms with Crippen molar-refractivity contribution in [3.8, 4) is 0 Å². The fourth-order valence-electron chi connectivity index (χ4n) is 4.13. The first-order chi connectivity index (χ1) is 14.5. The zero-order chi connectivity index (χ0) is 21.1. The number of benzene rings is 2. The molecule has 30 heavy (non-hydrogen) atoms. The molecule has 0 aromatic heterocycles. The summed E-state index contributed by atoms with van der Waals surface area (Å²) in [5.74, 6) is -0.314. The molecule has 1 saturated heterocycles. The number of urea groups is 1. The van der Waals surface area contributed by atoms with Crippen LogP contribution >= 0.6 is 0 Å². The molecular formula is C22H24FN3O4. The Morgan fingerprint density at radius 1 is 1.13 bits per heavy atom. The molecular weight excluding hydrogens is 389 g/mol. The molecule has 2 N–H and O–H groups in total. The second-order valence-corrected chi connectivity index (χ2v) is 7.45. The Bertz CT molecular complexity index is 921. The minimum Gasteiger partial charge on any atom is -0.447 e. The molecule has 2 heterocycles. The maximum Gasteiger partial charge on any atom is 0.404 e. The third-order valence-corrected chi connectivity index (χ3v) is 5.54. The number of fused-ring (bicyclic) bond motifs is 1. The highest BCUT2D eigenvalue weighted by Gasteiger charge is 2.36. The summed E-state index contributed by atoms with van der Waals surface area (Å²) in [5, 5.41) is 0. The van der Waals surface area contributed by atoms with Gasteiger partial charge >= 0.3 is 12.1 Å². The second kappa shape index (κ2) is 8.71. The van der Waals surface area contributed by atoms with Crippen molar-refractivity contribution in [3.63, 3.8) is 0 Å². The third-order valence-electron chi connectivity index (χ3n) is 5.54. The molecule has 2 atom stereocenters. The van der Waals surface area contributed by atoms with Gasteiger partial charge < -0.3 is 25.0 Å². The molecule has 1 unspecified atom stereocenters. The molecule has 2 aliphatic rings. The number of nitrogens with zero attached hydrogens (tertiary/aromatic N) is 2. The van der Waals surface area contributed by atoms with E-state index in [2.05, 4.69) is 6.07 Å².